The number of benzene rings is 3. The van der Waals surface area contributed by atoms with E-state index in [1.165, 1.54) is 0 Å². The average Bonchev–Trinajstić information content (AvgIpc) is 2.98. The van der Waals surface area contributed by atoms with Crippen LogP contribution >= 0.6 is 0 Å². The number of hydrogen-bond donors (Lipinski definition) is 0. The zero-order valence-electron chi connectivity index (χ0n) is 24.3. The minimum absolute atomic E-state index is 0.285. The first-order valence-corrected chi connectivity index (χ1v) is 14.3. The van der Waals surface area contributed by atoms with Crippen LogP contribution in [0.3, 0.4) is 0 Å². The second kappa shape index (κ2) is 15.1. The van der Waals surface area contributed by atoms with Crippen molar-refractivity contribution < 1.29 is 28.5 Å². The van der Waals surface area contributed by atoms with Gasteiger partial charge in [-0.3, -0.25) is 4.79 Å². The summed E-state index contributed by atoms with van der Waals surface area (Å²) in [5.41, 5.74) is 2.41. The number of hydrogen-bond acceptors (Lipinski definition) is 6. The lowest BCUT2D eigenvalue weighted by Gasteiger charge is -2.46. The Labute approximate surface area is 244 Å². The standard InChI is InChI=1S/C35H42O6/c1-5-15-29-32(41-34(36)35(2,3)4)33(39-24-28-20-13-8-14-21-28)31(38-23-27-18-11-7-12-19-27)30(40-29)25-37-22-26-16-9-6-10-17-26/h5-14,16-21,29-33H,1,15,22-25H2,2-4H3/t29-,30-,31-,32+,33+/m1/s1. The van der Waals surface area contributed by atoms with E-state index < -0.39 is 35.9 Å². The van der Waals surface area contributed by atoms with Crippen molar-refractivity contribution in [2.24, 2.45) is 5.41 Å². The first-order valence-electron chi connectivity index (χ1n) is 14.3. The van der Waals surface area contributed by atoms with Gasteiger partial charge >= 0.3 is 5.97 Å². The van der Waals surface area contributed by atoms with E-state index in [1.807, 2.05) is 112 Å². The van der Waals surface area contributed by atoms with Crippen molar-refractivity contribution in [2.45, 2.75) is 77.5 Å². The highest BCUT2D eigenvalue weighted by Gasteiger charge is 2.50. The topological polar surface area (TPSA) is 63.2 Å². The molecule has 0 radical (unpaired) electrons. The van der Waals surface area contributed by atoms with E-state index in [4.69, 9.17) is 23.7 Å². The van der Waals surface area contributed by atoms with Gasteiger partial charge in [0.05, 0.1) is 31.8 Å². The second-order valence-corrected chi connectivity index (χ2v) is 11.4. The summed E-state index contributed by atoms with van der Waals surface area (Å²) in [6.07, 6.45) is -0.533. The van der Waals surface area contributed by atoms with Gasteiger partial charge < -0.3 is 23.7 Å². The molecule has 0 N–H and O–H groups in total. The number of esters is 1. The number of rotatable bonds is 13. The fourth-order valence-corrected chi connectivity index (χ4v) is 4.71. The molecule has 4 rings (SSSR count). The lowest BCUT2D eigenvalue weighted by Crippen LogP contribution is -2.61. The molecule has 5 atom stereocenters. The third-order valence-electron chi connectivity index (χ3n) is 6.95. The van der Waals surface area contributed by atoms with Crippen LogP contribution < -0.4 is 0 Å². The summed E-state index contributed by atoms with van der Waals surface area (Å²) in [6, 6.07) is 29.9. The van der Waals surface area contributed by atoms with E-state index in [0.717, 1.165) is 16.7 Å². The van der Waals surface area contributed by atoms with Crippen LogP contribution in [0.4, 0.5) is 0 Å². The normalized spacial score (nSPS) is 22.7. The lowest BCUT2D eigenvalue weighted by atomic mass is 9.91. The number of ether oxygens (including phenoxy) is 5. The van der Waals surface area contributed by atoms with E-state index in [2.05, 4.69) is 6.58 Å². The third kappa shape index (κ3) is 9.10. The van der Waals surface area contributed by atoms with Gasteiger partial charge in [0, 0.05) is 0 Å². The highest BCUT2D eigenvalue weighted by molar-refractivity contribution is 5.75. The van der Waals surface area contributed by atoms with Gasteiger partial charge in [-0.15, -0.1) is 6.58 Å². The van der Waals surface area contributed by atoms with Crippen molar-refractivity contribution in [3.63, 3.8) is 0 Å². The molecule has 0 amide bonds. The molecule has 0 spiro atoms. The van der Waals surface area contributed by atoms with Gasteiger partial charge in [0.15, 0.2) is 6.10 Å². The summed E-state index contributed by atoms with van der Waals surface area (Å²) in [5.74, 6) is -0.325. The Morgan fingerprint density at radius 2 is 1.22 bits per heavy atom. The minimum Gasteiger partial charge on any atom is -0.456 e. The minimum atomic E-state index is -0.699. The van der Waals surface area contributed by atoms with Crippen molar-refractivity contribution >= 4 is 5.97 Å². The van der Waals surface area contributed by atoms with Gasteiger partial charge in [0.25, 0.3) is 0 Å². The molecule has 0 unspecified atom stereocenters. The predicted octanol–water partition coefficient (Wildman–Crippen LogP) is 6.68. The van der Waals surface area contributed by atoms with Crippen molar-refractivity contribution in [1.82, 2.24) is 0 Å². The Morgan fingerprint density at radius 1 is 0.732 bits per heavy atom. The molecule has 0 saturated carbocycles. The maximum atomic E-state index is 13.2. The molecule has 3 aromatic rings. The highest BCUT2D eigenvalue weighted by atomic mass is 16.6. The average molecular weight is 559 g/mol. The molecule has 1 fully saturated rings. The van der Waals surface area contributed by atoms with E-state index in [9.17, 15) is 4.79 Å². The maximum Gasteiger partial charge on any atom is 0.311 e. The largest absolute Gasteiger partial charge is 0.456 e. The molecular formula is C35H42O6. The fraction of sp³-hybridized carbons (Fsp3) is 0.400. The van der Waals surface area contributed by atoms with Crippen molar-refractivity contribution in [1.29, 1.82) is 0 Å². The molecule has 1 aliphatic heterocycles. The van der Waals surface area contributed by atoms with Crippen LogP contribution in [0.15, 0.2) is 104 Å². The fourth-order valence-electron chi connectivity index (χ4n) is 4.71. The van der Waals surface area contributed by atoms with Crippen molar-refractivity contribution in [3.8, 4) is 0 Å². The van der Waals surface area contributed by atoms with Gasteiger partial charge in [0.2, 0.25) is 0 Å². The third-order valence-corrected chi connectivity index (χ3v) is 6.95. The summed E-state index contributed by atoms with van der Waals surface area (Å²) in [7, 11) is 0. The summed E-state index contributed by atoms with van der Waals surface area (Å²) in [5, 5.41) is 0. The molecule has 1 saturated heterocycles. The van der Waals surface area contributed by atoms with Gasteiger partial charge in [0.1, 0.15) is 24.4 Å². The summed E-state index contributed by atoms with van der Waals surface area (Å²) < 4.78 is 32.1. The van der Waals surface area contributed by atoms with Crippen molar-refractivity contribution in [2.75, 3.05) is 6.61 Å². The van der Waals surface area contributed by atoms with E-state index >= 15 is 0 Å². The van der Waals surface area contributed by atoms with Crippen LogP contribution in [0.5, 0.6) is 0 Å². The molecule has 0 bridgehead atoms. The highest BCUT2D eigenvalue weighted by Crippen LogP contribution is 2.33. The quantitative estimate of drug-likeness (QED) is 0.172. The molecular weight excluding hydrogens is 516 g/mol. The Hall–Kier alpha value is -3.29. The molecule has 6 heteroatoms. The van der Waals surface area contributed by atoms with Crippen LogP contribution in [0, 0.1) is 5.41 Å². The molecule has 41 heavy (non-hydrogen) atoms. The first-order chi connectivity index (χ1) is 19.8. The molecule has 0 aromatic heterocycles. The van der Waals surface area contributed by atoms with Crippen LogP contribution in [0.25, 0.3) is 0 Å². The Kier molecular flexibility index (Phi) is 11.3. The van der Waals surface area contributed by atoms with Gasteiger partial charge in [-0.2, -0.15) is 0 Å². The zero-order valence-corrected chi connectivity index (χ0v) is 24.3. The number of carbonyl (C=O) groups excluding carboxylic acids is 1. The van der Waals surface area contributed by atoms with E-state index in [0.29, 0.717) is 26.2 Å². The Bertz CT molecular complexity index is 1190. The van der Waals surface area contributed by atoms with Crippen molar-refractivity contribution in [3.05, 3.63) is 120 Å². The number of carbonyl (C=O) groups is 1. The first kappa shape index (κ1) is 30.7. The van der Waals surface area contributed by atoms with Crippen LogP contribution in [-0.4, -0.2) is 43.1 Å². The van der Waals surface area contributed by atoms with E-state index in [1.54, 1.807) is 6.08 Å². The molecule has 6 nitrogen and oxygen atoms in total. The molecule has 0 aliphatic carbocycles. The Balaban J connectivity index is 1.63. The molecule has 1 aliphatic rings. The molecule has 3 aromatic carbocycles. The van der Waals surface area contributed by atoms with Gasteiger partial charge in [-0.1, -0.05) is 97.1 Å². The van der Waals surface area contributed by atoms with Crippen LogP contribution in [-0.2, 0) is 48.3 Å². The van der Waals surface area contributed by atoms with Crippen LogP contribution in [0.2, 0.25) is 0 Å². The van der Waals surface area contributed by atoms with E-state index in [-0.39, 0.29) is 12.6 Å². The van der Waals surface area contributed by atoms with Gasteiger partial charge in [-0.05, 0) is 43.9 Å². The summed E-state index contributed by atoms with van der Waals surface area (Å²) in [6.45, 7) is 10.9. The second-order valence-electron chi connectivity index (χ2n) is 11.4. The maximum absolute atomic E-state index is 13.2. The molecule has 218 valence electrons. The monoisotopic (exact) mass is 558 g/mol. The Morgan fingerprint density at radius 3 is 1.71 bits per heavy atom. The smallest absolute Gasteiger partial charge is 0.311 e. The zero-order chi connectivity index (χ0) is 29.1. The summed E-state index contributed by atoms with van der Waals surface area (Å²) >= 11 is 0. The lowest BCUT2D eigenvalue weighted by molar-refractivity contribution is -0.267. The summed E-state index contributed by atoms with van der Waals surface area (Å²) in [4.78, 5) is 13.2. The van der Waals surface area contributed by atoms with Crippen LogP contribution in [0.1, 0.15) is 43.9 Å². The SMILES string of the molecule is C=CC[C@H]1O[C@H](COCc2ccccc2)[C@@H](OCc2ccccc2)[C@H](OCc2ccccc2)[C@H]1OC(=O)C(C)(C)C. The molecule has 1 heterocycles. The predicted molar refractivity (Wildman–Crippen MR) is 159 cm³/mol. The van der Waals surface area contributed by atoms with Gasteiger partial charge in [-0.25, -0.2) is 0 Å².